The number of amides is 1. The summed E-state index contributed by atoms with van der Waals surface area (Å²) in [6.45, 7) is 0.488. The molecule has 1 unspecified atom stereocenters. The average molecular weight is 382 g/mol. The van der Waals surface area contributed by atoms with Crippen molar-refractivity contribution in [2.45, 2.75) is 6.04 Å². The summed E-state index contributed by atoms with van der Waals surface area (Å²) in [7, 11) is 0. The highest BCUT2D eigenvalue weighted by molar-refractivity contribution is 5.94. The van der Waals surface area contributed by atoms with Crippen LogP contribution < -0.4 is 5.32 Å². The van der Waals surface area contributed by atoms with Crippen molar-refractivity contribution in [2.75, 3.05) is 13.2 Å². The smallest absolute Gasteiger partial charge is 0.275 e. The third-order valence-corrected chi connectivity index (χ3v) is 4.53. The van der Waals surface area contributed by atoms with Gasteiger partial charge in [0.15, 0.2) is 5.69 Å². The SMILES string of the molecule is O=CC1CN(C(=O)c2cc(-c3cccc(F)c3)n(-c3ccc(F)cc3)n2)CN1. The number of hydrogen-bond acceptors (Lipinski definition) is 4. The Bertz CT molecular complexity index is 1030. The standard InChI is InChI=1S/C20H16F2N4O2/c21-14-4-6-17(7-5-14)26-19(13-2-1-3-15(22)8-13)9-18(24-26)20(28)25-10-16(11-27)23-12-25/h1-9,11,16,23H,10,12H2. The first-order valence-electron chi connectivity index (χ1n) is 8.65. The van der Waals surface area contributed by atoms with Crippen LogP contribution in [-0.4, -0.2) is 46.1 Å². The normalized spacial score (nSPS) is 16.4. The van der Waals surface area contributed by atoms with Crippen molar-refractivity contribution >= 4 is 12.2 Å². The van der Waals surface area contributed by atoms with E-state index in [1.807, 2.05) is 0 Å². The number of benzene rings is 2. The summed E-state index contributed by atoms with van der Waals surface area (Å²) in [5.41, 5.74) is 1.71. The van der Waals surface area contributed by atoms with Gasteiger partial charge in [0.25, 0.3) is 5.91 Å². The Morgan fingerprint density at radius 1 is 1.11 bits per heavy atom. The van der Waals surface area contributed by atoms with Gasteiger partial charge in [-0.1, -0.05) is 12.1 Å². The van der Waals surface area contributed by atoms with E-state index in [9.17, 15) is 18.4 Å². The number of nitrogens with one attached hydrogen (secondary N) is 1. The topological polar surface area (TPSA) is 67.2 Å². The van der Waals surface area contributed by atoms with E-state index in [0.717, 1.165) is 6.29 Å². The van der Waals surface area contributed by atoms with Gasteiger partial charge in [-0.15, -0.1) is 0 Å². The van der Waals surface area contributed by atoms with Crippen LogP contribution in [0.2, 0.25) is 0 Å². The van der Waals surface area contributed by atoms with Crippen molar-refractivity contribution in [3.05, 3.63) is 71.9 Å². The number of halogens is 2. The van der Waals surface area contributed by atoms with Crippen LogP contribution in [-0.2, 0) is 4.79 Å². The second kappa shape index (κ2) is 7.32. The fourth-order valence-corrected chi connectivity index (χ4v) is 3.12. The van der Waals surface area contributed by atoms with Gasteiger partial charge in [0.05, 0.1) is 24.1 Å². The Labute approximate surface area is 159 Å². The molecule has 1 amide bonds. The molecule has 8 heteroatoms. The monoisotopic (exact) mass is 382 g/mol. The van der Waals surface area contributed by atoms with Gasteiger partial charge in [-0.25, -0.2) is 13.5 Å². The fourth-order valence-electron chi connectivity index (χ4n) is 3.12. The molecule has 142 valence electrons. The van der Waals surface area contributed by atoms with Gasteiger partial charge >= 0.3 is 0 Å². The number of rotatable bonds is 4. The molecule has 2 heterocycles. The van der Waals surface area contributed by atoms with E-state index in [2.05, 4.69) is 10.4 Å². The summed E-state index contributed by atoms with van der Waals surface area (Å²) in [5, 5.41) is 7.29. The molecule has 0 aliphatic carbocycles. The van der Waals surface area contributed by atoms with Crippen LogP contribution in [0.5, 0.6) is 0 Å². The summed E-state index contributed by atoms with van der Waals surface area (Å²) in [6, 6.07) is 12.7. The first-order chi connectivity index (χ1) is 13.5. The first-order valence-corrected chi connectivity index (χ1v) is 8.65. The number of carbonyl (C=O) groups is 2. The summed E-state index contributed by atoms with van der Waals surface area (Å²) in [5.74, 6) is -1.17. The molecule has 1 aliphatic heterocycles. The van der Waals surface area contributed by atoms with E-state index in [1.165, 1.54) is 46.0 Å². The first kappa shape index (κ1) is 18.0. The van der Waals surface area contributed by atoms with Gasteiger partial charge in [0, 0.05) is 12.1 Å². The van der Waals surface area contributed by atoms with E-state index < -0.39 is 17.7 Å². The molecule has 0 saturated carbocycles. The molecule has 28 heavy (non-hydrogen) atoms. The molecule has 1 atom stereocenters. The molecule has 1 aliphatic rings. The molecule has 1 N–H and O–H groups in total. The Hall–Kier alpha value is -3.39. The lowest BCUT2D eigenvalue weighted by Gasteiger charge is -2.12. The van der Waals surface area contributed by atoms with Crippen molar-refractivity contribution in [2.24, 2.45) is 0 Å². The van der Waals surface area contributed by atoms with Gasteiger partial charge in [-0.2, -0.15) is 5.10 Å². The molecule has 0 radical (unpaired) electrons. The van der Waals surface area contributed by atoms with E-state index in [0.29, 0.717) is 16.9 Å². The van der Waals surface area contributed by atoms with Gasteiger partial charge in [-0.3, -0.25) is 10.1 Å². The third kappa shape index (κ3) is 3.41. The highest BCUT2D eigenvalue weighted by Gasteiger charge is 2.28. The second-order valence-corrected chi connectivity index (χ2v) is 6.45. The van der Waals surface area contributed by atoms with E-state index in [1.54, 1.807) is 18.2 Å². The van der Waals surface area contributed by atoms with E-state index in [4.69, 9.17) is 0 Å². The number of aromatic nitrogens is 2. The quantitative estimate of drug-likeness (QED) is 0.704. The number of nitrogens with zero attached hydrogens (tertiary/aromatic N) is 3. The second-order valence-electron chi connectivity index (χ2n) is 6.45. The molecule has 1 aromatic heterocycles. The van der Waals surface area contributed by atoms with Gasteiger partial charge in [-0.05, 0) is 42.5 Å². The zero-order valence-electron chi connectivity index (χ0n) is 14.7. The minimum atomic E-state index is -0.421. The van der Waals surface area contributed by atoms with Crippen molar-refractivity contribution in [1.82, 2.24) is 20.0 Å². The molecular weight excluding hydrogens is 366 g/mol. The molecule has 2 aromatic carbocycles. The van der Waals surface area contributed by atoms with E-state index >= 15 is 0 Å². The molecule has 4 rings (SSSR count). The van der Waals surface area contributed by atoms with Crippen LogP contribution in [0.3, 0.4) is 0 Å². The lowest BCUT2D eigenvalue weighted by Crippen LogP contribution is -2.30. The number of carbonyl (C=O) groups excluding carboxylic acids is 2. The minimum Gasteiger partial charge on any atom is -0.322 e. The molecule has 6 nitrogen and oxygen atoms in total. The van der Waals surface area contributed by atoms with Crippen molar-refractivity contribution in [3.63, 3.8) is 0 Å². The zero-order valence-corrected chi connectivity index (χ0v) is 14.7. The van der Waals surface area contributed by atoms with Crippen molar-refractivity contribution < 1.29 is 18.4 Å². The van der Waals surface area contributed by atoms with Crippen molar-refractivity contribution in [3.8, 4) is 16.9 Å². The molecule has 1 fully saturated rings. The maximum absolute atomic E-state index is 13.7. The molecule has 0 bridgehead atoms. The number of aldehydes is 1. The number of hydrogen-bond donors (Lipinski definition) is 1. The molecule has 0 spiro atoms. The van der Waals surface area contributed by atoms with Gasteiger partial charge in [0.2, 0.25) is 0 Å². The maximum atomic E-state index is 13.7. The Kier molecular flexibility index (Phi) is 4.70. The maximum Gasteiger partial charge on any atom is 0.275 e. The fraction of sp³-hybridized carbons (Fsp3) is 0.150. The molecular formula is C20H16F2N4O2. The Morgan fingerprint density at radius 3 is 2.57 bits per heavy atom. The van der Waals surface area contributed by atoms with E-state index in [-0.39, 0.29) is 24.8 Å². The molecule has 1 saturated heterocycles. The van der Waals surface area contributed by atoms with Gasteiger partial charge < -0.3 is 9.69 Å². The molecule has 3 aromatic rings. The highest BCUT2D eigenvalue weighted by Crippen LogP contribution is 2.25. The summed E-state index contributed by atoms with van der Waals surface area (Å²) < 4.78 is 28.5. The summed E-state index contributed by atoms with van der Waals surface area (Å²) in [4.78, 5) is 25.2. The van der Waals surface area contributed by atoms with Crippen LogP contribution >= 0.6 is 0 Å². The Balaban J connectivity index is 1.77. The van der Waals surface area contributed by atoms with Crippen LogP contribution in [0.1, 0.15) is 10.5 Å². The lowest BCUT2D eigenvalue weighted by atomic mass is 10.1. The Morgan fingerprint density at radius 2 is 1.89 bits per heavy atom. The predicted octanol–water partition coefficient (Wildman–Crippen LogP) is 2.39. The largest absolute Gasteiger partial charge is 0.322 e. The van der Waals surface area contributed by atoms with Crippen LogP contribution in [0.25, 0.3) is 16.9 Å². The van der Waals surface area contributed by atoms with Gasteiger partial charge in [0.1, 0.15) is 17.9 Å². The highest BCUT2D eigenvalue weighted by atomic mass is 19.1. The minimum absolute atomic E-state index is 0.150. The van der Waals surface area contributed by atoms with Crippen LogP contribution in [0, 0.1) is 11.6 Å². The predicted molar refractivity (Wildman–Crippen MR) is 97.8 cm³/mol. The summed E-state index contributed by atoms with van der Waals surface area (Å²) >= 11 is 0. The van der Waals surface area contributed by atoms with Crippen LogP contribution in [0.4, 0.5) is 8.78 Å². The zero-order chi connectivity index (χ0) is 19.7. The lowest BCUT2D eigenvalue weighted by molar-refractivity contribution is -0.109. The third-order valence-electron chi connectivity index (χ3n) is 4.53. The summed E-state index contributed by atoms with van der Waals surface area (Å²) in [6.07, 6.45) is 0.753. The van der Waals surface area contributed by atoms with Crippen molar-refractivity contribution in [1.29, 1.82) is 0 Å². The average Bonchev–Trinajstić information content (AvgIpc) is 3.35. The van der Waals surface area contributed by atoms with Crippen LogP contribution in [0.15, 0.2) is 54.6 Å².